The molecule has 2 aromatic carbocycles. The standard InChI is InChI=1S/C18H15NOS/c1-12-7-3-4-8-14(12)19-15-9-5-6-10-16(15)21-17-11-13(2)20-18(17)19/h3-11H,1-2H3. The molecule has 0 atom stereocenters. The summed E-state index contributed by atoms with van der Waals surface area (Å²) < 4.78 is 5.99. The number of furan rings is 1. The van der Waals surface area contributed by atoms with Crippen molar-refractivity contribution in [1.82, 2.24) is 0 Å². The highest BCUT2D eigenvalue weighted by Crippen LogP contribution is 2.52. The van der Waals surface area contributed by atoms with Crippen LogP contribution in [-0.4, -0.2) is 0 Å². The molecule has 3 heteroatoms. The molecule has 0 aliphatic carbocycles. The zero-order valence-electron chi connectivity index (χ0n) is 12.0. The minimum Gasteiger partial charge on any atom is -0.444 e. The second-order valence-electron chi connectivity index (χ2n) is 5.22. The lowest BCUT2D eigenvalue weighted by Crippen LogP contribution is -2.14. The van der Waals surface area contributed by atoms with Gasteiger partial charge in [0, 0.05) is 4.90 Å². The molecule has 3 aromatic rings. The van der Waals surface area contributed by atoms with Crippen molar-refractivity contribution < 1.29 is 4.42 Å². The highest BCUT2D eigenvalue weighted by Gasteiger charge is 2.28. The van der Waals surface area contributed by atoms with E-state index in [0.29, 0.717) is 0 Å². The second-order valence-corrected chi connectivity index (χ2v) is 6.30. The Morgan fingerprint density at radius 2 is 1.57 bits per heavy atom. The molecule has 0 N–H and O–H groups in total. The molecule has 1 aromatic heterocycles. The largest absolute Gasteiger partial charge is 0.444 e. The maximum absolute atomic E-state index is 5.99. The van der Waals surface area contributed by atoms with Gasteiger partial charge in [0.05, 0.1) is 16.3 Å². The van der Waals surface area contributed by atoms with Crippen LogP contribution in [0.5, 0.6) is 0 Å². The summed E-state index contributed by atoms with van der Waals surface area (Å²) in [7, 11) is 0. The van der Waals surface area contributed by atoms with E-state index in [2.05, 4.69) is 66.4 Å². The number of fused-ring (bicyclic) bond motifs is 2. The van der Waals surface area contributed by atoms with Gasteiger partial charge in [-0.1, -0.05) is 42.1 Å². The molecule has 21 heavy (non-hydrogen) atoms. The van der Waals surface area contributed by atoms with Crippen LogP contribution in [0.4, 0.5) is 17.3 Å². The first-order valence-electron chi connectivity index (χ1n) is 6.97. The van der Waals surface area contributed by atoms with Gasteiger partial charge in [-0.2, -0.15) is 0 Å². The van der Waals surface area contributed by atoms with E-state index >= 15 is 0 Å². The average molecular weight is 293 g/mol. The third-order valence-corrected chi connectivity index (χ3v) is 4.77. The number of nitrogens with zero attached hydrogens (tertiary/aromatic N) is 1. The highest BCUT2D eigenvalue weighted by molar-refractivity contribution is 7.99. The number of hydrogen-bond donors (Lipinski definition) is 0. The third kappa shape index (κ3) is 1.96. The van der Waals surface area contributed by atoms with Crippen molar-refractivity contribution in [1.29, 1.82) is 0 Å². The number of hydrogen-bond acceptors (Lipinski definition) is 3. The van der Waals surface area contributed by atoms with Crippen molar-refractivity contribution >= 4 is 29.0 Å². The molecule has 0 unspecified atom stereocenters. The Morgan fingerprint density at radius 1 is 0.857 bits per heavy atom. The van der Waals surface area contributed by atoms with Crippen molar-refractivity contribution in [2.24, 2.45) is 0 Å². The van der Waals surface area contributed by atoms with Crippen LogP contribution in [0.2, 0.25) is 0 Å². The maximum Gasteiger partial charge on any atom is 0.218 e. The predicted molar refractivity (Wildman–Crippen MR) is 87.0 cm³/mol. The zero-order valence-corrected chi connectivity index (χ0v) is 12.8. The zero-order chi connectivity index (χ0) is 14.4. The molecule has 0 bridgehead atoms. The highest BCUT2D eigenvalue weighted by atomic mass is 32.2. The minimum absolute atomic E-state index is 0.922. The van der Waals surface area contributed by atoms with Gasteiger partial charge in [-0.3, -0.25) is 4.90 Å². The first-order chi connectivity index (χ1) is 10.2. The Kier molecular flexibility index (Phi) is 2.82. The molecular weight excluding hydrogens is 278 g/mol. The Hall–Kier alpha value is -2.13. The monoisotopic (exact) mass is 293 g/mol. The third-order valence-electron chi connectivity index (χ3n) is 3.69. The van der Waals surface area contributed by atoms with Crippen LogP contribution < -0.4 is 4.90 Å². The molecule has 0 fully saturated rings. The summed E-state index contributed by atoms with van der Waals surface area (Å²) in [6.45, 7) is 4.13. The lowest BCUT2D eigenvalue weighted by atomic mass is 10.1. The lowest BCUT2D eigenvalue weighted by molar-refractivity contribution is 0.536. The van der Waals surface area contributed by atoms with Gasteiger partial charge in [0.25, 0.3) is 0 Å². The van der Waals surface area contributed by atoms with Crippen LogP contribution in [0.3, 0.4) is 0 Å². The van der Waals surface area contributed by atoms with Crippen LogP contribution in [0, 0.1) is 13.8 Å². The van der Waals surface area contributed by atoms with Crippen LogP contribution in [0.25, 0.3) is 0 Å². The van der Waals surface area contributed by atoms with Gasteiger partial charge in [0.15, 0.2) is 0 Å². The van der Waals surface area contributed by atoms with E-state index in [0.717, 1.165) is 11.6 Å². The average Bonchev–Trinajstić information content (AvgIpc) is 2.85. The molecule has 2 heterocycles. The fourth-order valence-corrected chi connectivity index (χ4v) is 3.81. The van der Waals surface area contributed by atoms with Crippen molar-refractivity contribution in [3.8, 4) is 0 Å². The summed E-state index contributed by atoms with van der Waals surface area (Å²) in [6, 6.07) is 19.0. The van der Waals surface area contributed by atoms with Gasteiger partial charge in [0.2, 0.25) is 5.88 Å². The van der Waals surface area contributed by atoms with E-state index < -0.39 is 0 Å². The van der Waals surface area contributed by atoms with Gasteiger partial charge >= 0.3 is 0 Å². The molecule has 0 saturated carbocycles. The molecule has 0 saturated heterocycles. The van der Waals surface area contributed by atoms with Gasteiger partial charge in [-0.15, -0.1) is 0 Å². The normalized spacial score (nSPS) is 13.0. The Bertz CT molecular complexity index is 811. The van der Waals surface area contributed by atoms with E-state index in [4.69, 9.17) is 4.42 Å². The molecular formula is C18H15NOS. The molecule has 0 amide bonds. The quantitative estimate of drug-likeness (QED) is 0.439. The SMILES string of the molecule is Cc1cc2c(o1)N(c1ccccc1C)c1ccccc1S2. The van der Waals surface area contributed by atoms with Crippen LogP contribution in [0.1, 0.15) is 11.3 Å². The fraction of sp³-hybridized carbons (Fsp3) is 0.111. The van der Waals surface area contributed by atoms with E-state index in [-0.39, 0.29) is 0 Å². The molecule has 0 radical (unpaired) electrons. The van der Waals surface area contributed by atoms with E-state index in [1.165, 1.54) is 26.7 Å². The smallest absolute Gasteiger partial charge is 0.218 e. The van der Waals surface area contributed by atoms with E-state index in [9.17, 15) is 0 Å². The van der Waals surface area contributed by atoms with Crippen molar-refractivity contribution in [3.63, 3.8) is 0 Å². The van der Waals surface area contributed by atoms with E-state index in [1.54, 1.807) is 11.8 Å². The summed E-state index contributed by atoms with van der Waals surface area (Å²) in [5.41, 5.74) is 3.58. The fourth-order valence-electron chi connectivity index (χ4n) is 2.72. The molecule has 2 nitrogen and oxygen atoms in total. The topological polar surface area (TPSA) is 16.4 Å². The Labute approximate surface area is 128 Å². The summed E-state index contributed by atoms with van der Waals surface area (Å²) in [5, 5.41) is 0. The molecule has 4 rings (SSSR count). The Balaban J connectivity index is 1.99. The summed E-state index contributed by atoms with van der Waals surface area (Å²) in [4.78, 5) is 4.66. The summed E-state index contributed by atoms with van der Waals surface area (Å²) in [5.74, 6) is 1.87. The van der Waals surface area contributed by atoms with Crippen molar-refractivity contribution in [2.75, 3.05) is 4.90 Å². The van der Waals surface area contributed by atoms with Gasteiger partial charge in [-0.05, 0) is 43.7 Å². The second kappa shape index (κ2) is 4.71. The summed E-state index contributed by atoms with van der Waals surface area (Å²) >= 11 is 1.77. The van der Waals surface area contributed by atoms with Gasteiger partial charge in [-0.25, -0.2) is 0 Å². The first-order valence-corrected chi connectivity index (χ1v) is 7.79. The van der Waals surface area contributed by atoms with Crippen LogP contribution in [0.15, 0.2) is 68.8 Å². The van der Waals surface area contributed by atoms with Crippen LogP contribution in [-0.2, 0) is 0 Å². The van der Waals surface area contributed by atoms with Crippen molar-refractivity contribution in [2.45, 2.75) is 23.6 Å². The number of benzene rings is 2. The number of para-hydroxylation sites is 2. The molecule has 104 valence electrons. The minimum atomic E-state index is 0.922. The maximum atomic E-state index is 5.99. The first kappa shape index (κ1) is 12.6. The molecule has 1 aliphatic rings. The van der Waals surface area contributed by atoms with E-state index in [1.807, 2.05) is 6.92 Å². The number of aryl methyl sites for hydroxylation is 2. The van der Waals surface area contributed by atoms with Crippen LogP contribution >= 0.6 is 11.8 Å². The number of rotatable bonds is 1. The number of anilines is 3. The van der Waals surface area contributed by atoms with Gasteiger partial charge < -0.3 is 4.42 Å². The molecule has 1 aliphatic heterocycles. The molecule has 0 spiro atoms. The lowest BCUT2D eigenvalue weighted by Gasteiger charge is -2.30. The predicted octanol–water partition coefficient (Wildman–Crippen LogP) is 5.83. The Morgan fingerprint density at radius 3 is 2.38 bits per heavy atom. The van der Waals surface area contributed by atoms with Gasteiger partial charge in [0.1, 0.15) is 5.76 Å². The van der Waals surface area contributed by atoms with Crippen molar-refractivity contribution in [3.05, 3.63) is 65.9 Å². The summed E-state index contributed by atoms with van der Waals surface area (Å²) in [6.07, 6.45) is 0.